The van der Waals surface area contributed by atoms with E-state index in [1.54, 1.807) is 12.1 Å². The van der Waals surface area contributed by atoms with Crippen molar-refractivity contribution >= 4 is 21.6 Å². The summed E-state index contributed by atoms with van der Waals surface area (Å²) < 4.78 is 28.4. The number of benzene rings is 2. The first-order valence-corrected chi connectivity index (χ1v) is 10.4. The molecule has 1 aromatic heterocycles. The molecule has 0 aliphatic heterocycles. The van der Waals surface area contributed by atoms with Crippen molar-refractivity contribution in [3.63, 3.8) is 0 Å². The molecular weight excluding hydrogens is 384 g/mol. The van der Waals surface area contributed by atoms with Gasteiger partial charge < -0.3 is 9.73 Å². The minimum Gasteiger partial charge on any atom is -0.460 e. The maximum Gasteiger partial charge on any atom is 0.238 e. The molecule has 0 saturated carbocycles. The van der Waals surface area contributed by atoms with Gasteiger partial charge in [0.25, 0.3) is 0 Å². The maximum atomic E-state index is 11.2. The average Bonchev–Trinajstić information content (AvgIpc) is 3.10. The molecule has 3 rings (SSSR count). The van der Waals surface area contributed by atoms with Crippen LogP contribution >= 0.6 is 11.6 Å². The summed E-state index contributed by atoms with van der Waals surface area (Å²) in [6.45, 7) is 3.31. The van der Waals surface area contributed by atoms with Gasteiger partial charge in [-0.25, -0.2) is 13.6 Å². The molecule has 0 aliphatic carbocycles. The van der Waals surface area contributed by atoms with E-state index in [0.29, 0.717) is 6.54 Å². The number of aryl methyl sites for hydroxylation is 1. The van der Waals surface area contributed by atoms with E-state index in [0.717, 1.165) is 46.2 Å². The molecule has 0 aliphatic rings. The summed E-state index contributed by atoms with van der Waals surface area (Å²) >= 11 is 6.17. The topological polar surface area (TPSA) is 85.3 Å². The molecule has 5 nitrogen and oxygen atoms in total. The van der Waals surface area contributed by atoms with Crippen molar-refractivity contribution in [3.8, 4) is 11.3 Å². The quantitative estimate of drug-likeness (QED) is 0.585. The summed E-state index contributed by atoms with van der Waals surface area (Å²) in [5, 5.41) is 9.13. The average molecular weight is 405 g/mol. The van der Waals surface area contributed by atoms with Crippen LogP contribution in [0.5, 0.6) is 0 Å². The Bertz CT molecular complexity index is 1030. The third-order valence-corrected chi connectivity index (χ3v) is 5.60. The molecule has 1 heterocycles. The summed E-state index contributed by atoms with van der Waals surface area (Å²) in [5.41, 5.74) is 3.02. The minimum atomic E-state index is -3.64. The van der Waals surface area contributed by atoms with E-state index in [1.165, 1.54) is 12.1 Å². The zero-order chi connectivity index (χ0) is 19.4. The van der Waals surface area contributed by atoms with E-state index in [4.69, 9.17) is 21.2 Å². The van der Waals surface area contributed by atoms with Gasteiger partial charge in [-0.05, 0) is 61.3 Å². The zero-order valence-corrected chi connectivity index (χ0v) is 16.5. The first-order valence-electron chi connectivity index (χ1n) is 8.50. The first kappa shape index (κ1) is 19.6. The van der Waals surface area contributed by atoms with Crippen molar-refractivity contribution in [1.29, 1.82) is 0 Å². The Kier molecular flexibility index (Phi) is 6.01. The summed E-state index contributed by atoms with van der Waals surface area (Å²) in [5.74, 6) is 1.62. The van der Waals surface area contributed by atoms with Crippen molar-refractivity contribution < 1.29 is 12.8 Å². The highest BCUT2D eigenvalue weighted by Gasteiger charge is 2.08. The lowest BCUT2D eigenvalue weighted by molar-refractivity contribution is 0.494. The van der Waals surface area contributed by atoms with Gasteiger partial charge in [0.1, 0.15) is 11.5 Å². The third kappa shape index (κ3) is 5.20. The van der Waals surface area contributed by atoms with E-state index in [-0.39, 0.29) is 4.90 Å². The van der Waals surface area contributed by atoms with E-state index in [1.807, 2.05) is 37.3 Å². The second-order valence-corrected chi connectivity index (χ2v) is 8.31. The van der Waals surface area contributed by atoms with Crippen LogP contribution in [-0.2, 0) is 23.0 Å². The van der Waals surface area contributed by atoms with Gasteiger partial charge in [-0.15, -0.1) is 0 Å². The number of primary sulfonamides is 1. The van der Waals surface area contributed by atoms with E-state index < -0.39 is 10.0 Å². The first-order chi connectivity index (χ1) is 12.8. The second-order valence-electron chi connectivity index (χ2n) is 6.35. The van der Waals surface area contributed by atoms with Gasteiger partial charge in [-0.2, -0.15) is 0 Å². The molecule has 0 fully saturated rings. The SMILES string of the molecule is Cc1ccc(-c2ccc(CNCCc3ccc(S(N)(=O)=O)cc3)o2)cc1Cl. The van der Waals surface area contributed by atoms with Crippen molar-refractivity contribution in [2.45, 2.75) is 24.8 Å². The lowest BCUT2D eigenvalue weighted by Gasteiger charge is -2.05. The molecule has 0 bridgehead atoms. The van der Waals surface area contributed by atoms with Gasteiger partial charge in [0.05, 0.1) is 11.4 Å². The molecule has 0 saturated heterocycles. The smallest absolute Gasteiger partial charge is 0.238 e. The van der Waals surface area contributed by atoms with Gasteiger partial charge in [-0.1, -0.05) is 35.9 Å². The number of hydrogen-bond donors (Lipinski definition) is 2. The number of furan rings is 1. The highest BCUT2D eigenvalue weighted by Crippen LogP contribution is 2.26. The van der Waals surface area contributed by atoms with E-state index in [9.17, 15) is 8.42 Å². The molecule has 0 spiro atoms. The monoisotopic (exact) mass is 404 g/mol. The lowest BCUT2D eigenvalue weighted by atomic mass is 10.1. The highest BCUT2D eigenvalue weighted by atomic mass is 35.5. The fourth-order valence-electron chi connectivity index (χ4n) is 2.66. The number of rotatable bonds is 7. The van der Waals surface area contributed by atoms with Crippen molar-refractivity contribution in [1.82, 2.24) is 5.32 Å². The van der Waals surface area contributed by atoms with Crippen LogP contribution < -0.4 is 10.5 Å². The van der Waals surface area contributed by atoms with Crippen LogP contribution in [-0.4, -0.2) is 15.0 Å². The molecule has 3 aromatic rings. The normalized spacial score (nSPS) is 11.7. The summed E-state index contributed by atoms with van der Waals surface area (Å²) in [6, 6.07) is 16.3. The number of hydrogen-bond acceptors (Lipinski definition) is 4. The van der Waals surface area contributed by atoms with Gasteiger partial charge >= 0.3 is 0 Å². The Balaban J connectivity index is 1.51. The highest BCUT2D eigenvalue weighted by molar-refractivity contribution is 7.89. The number of halogens is 1. The molecule has 3 N–H and O–H groups in total. The van der Waals surface area contributed by atoms with Gasteiger partial charge in [-0.3, -0.25) is 0 Å². The molecule has 0 atom stereocenters. The number of nitrogens with two attached hydrogens (primary N) is 1. The molecular formula is C20H21ClN2O3S. The van der Waals surface area contributed by atoms with E-state index >= 15 is 0 Å². The van der Waals surface area contributed by atoms with Gasteiger partial charge in [0.2, 0.25) is 10.0 Å². The number of sulfonamides is 1. The van der Waals surface area contributed by atoms with Crippen LogP contribution in [0.3, 0.4) is 0 Å². The van der Waals surface area contributed by atoms with Crippen molar-refractivity contribution in [3.05, 3.63) is 76.5 Å². The second kappa shape index (κ2) is 8.27. The summed E-state index contributed by atoms with van der Waals surface area (Å²) in [4.78, 5) is 0.124. The van der Waals surface area contributed by atoms with E-state index in [2.05, 4.69) is 5.32 Å². The molecule has 0 unspecified atom stereocenters. The van der Waals surface area contributed by atoms with Gasteiger partial charge in [0, 0.05) is 10.6 Å². The molecule has 2 aromatic carbocycles. The molecule has 0 amide bonds. The van der Waals surface area contributed by atoms with Crippen LogP contribution in [0.1, 0.15) is 16.9 Å². The zero-order valence-electron chi connectivity index (χ0n) is 14.9. The van der Waals surface area contributed by atoms with Gasteiger partial charge in [0.15, 0.2) is 0 Å². The predicted molar refractivity (Wildman–Crippen MR) is 107 cm³/mol. The molecule has 0 radical (unpaired) electrons. The predicted octanol–water partition coefficient (Wildman–Crippen LogP) is 3.89. The Morgan fingerprint density at radius 2 is 1.81 bits per heavy atom. The third-order valence-electron chi connectivity index (χ3n) is 4.26. The van der Waals surface area contributed by atoms with Crippen LogP contribution in [0.25, 0.3) is 11.3 Å². The van der Waals surface area contributed by atoms with Crippen molar-refractivity contribution in [2.75, 3.05) is 6.54 Å². The Morgan fingerprint density at radius 1 is 1.07 bits per heavy atom. The standard InChI is InChI=1S/C20H21ClN2O3S/c1-14-2-5-16(12-19(14)21)20-9-6-17(26-20)13-23-11-10-15-3-7-18(8-4-15)27(22,24)25/h2-9,12,23H,10-11,13H2,1H3,(H2,22,24,25). The fraction of sp³-hybridized carbons (Fsp3) is 0.200. The summed E-state index contributed by atoms with van der Waals surface area (Å²) in [7, 11) is -3.64. The molecule has 142 valence electrons. The summed E-state index contributed by atoms with van der Waals surface area (Å²) in [6.07, 6.45) is 0.770. The van der Waals surface area contributed by atoms with Crippen LogP contribution in [0, 0.1) is 6.92 Å². The maximum absolute atomic E-state index is 11.2. The van der Waals surface area contributed by atoms with Crippen molar-refractivity contribution in [2.24, 2.45) is 5.14 Å². The molecule has 7 heteroatoms. The Morgan fingerprint density at radius 3 is 2.48 bits per heavy atom. The molecule has 27 heavy (non-hydrogen) atoms. The van der Waals surface area contributed by atoms with Crippen LogP contribution in [0.2, 0.25) is 5.02 Å². The largest absolute Gasteiger partial charge is 0.460 e. The Labute approximate surface area is 164 Å². The van der Waals surface area contributed by atoms with Crippen LogP contribution in [0.4, 0.5) is 0 Å². The Hall–Kier alpha value is -2.12. The number of nitrogens with one attached hydrogen (secondary N) is 1. The minimum absolute atomic E-state index is 0.124. The lowest BCUT2D eigenvalue weighted by Crippen LogP contribution is -2.16. The van der Waals surface area contributed by atoms with Crippen LogP contribution in [0.15, 0.2) is 63.9 Å². The fourth-order valence-corrected chi connectivity index (χ4v) is 3.36.